The minimum Gasteiger partial charge on any atom is -0.494 e. The molecule has 11 heteroatoms. The van der Waals surface area contributed by atoms with Crippen LogP contribution in [0.5, 0.6) is 11.5 Å². The molecule has 0 unspecified atom stereocenters. The van der Waals surface area contributed by atoms with Crippen LogP contribution in [0.3, 0.4) is 0 Å². The molecule has 0 saturated heterocycles. The molecule has 0 aliphatic carbocycles. The van der Waals surface area contributed by atoms with Gasteiger partial charge in [0, 0.05) is 19.7 Å². The molecule has 0 amide bonds. The van der Waals surface area contributed by atoms with Crippen molar-refractivity contribution >= 4 is 11.6 Å². The van der Waals surface area contributed by atoms with Crippen molar-refractivity contribution in [3.05, 3.63) is 36.5 Å². The third-order valence-corrected chi connectivity index (χ3v) is 3.99. The fourth-order valence-electron chi connectivity index (χ4n) is 2.46. The fraction of sp³-hybridized carbons (Fsp3) is 0.278. The number of nitrogens with one attached hydrogen (secondary N) is 2. The molecule has 0 radical (unpaired) electrons. The Bertz CT molecular complexity index is 980. The zero-order valence-electron chi connectivity index (χ0n) is 15.9. The summed E-state index contributed by atoms with van der Waals surface area (Å²) in [5, 5.41) is 19.0. The first-order chi connectivity index (χ1) is 14.2. The summed E-state index contributed by atoms with van der Waals surface area (Å²) in [6, 6.07) is 3.68. The zero-order valence-corrected chi connectivity index (χ0v) is 15.9. The van der Waals surface area contributed by atoms with Crippen molar-refractivity contribution in [3.8, 4) is 28.8 Å². The molecule has 3 rings (SSSR count). The Balaban J connectivity index is 1.84. The van der Waals surface area contributed by atoms with Crippen molar-refractivity contribution in [2.24, 2.45) is 5.73 Å². The largest absolute Gasteiger partial charge is 0.494 e. The number of nitrogens with two attached hydrogens (primary N) is 1. The summed E-state index contributed by atoms with van der Waals surface area (Å²) in [7, 11) is 3.12. The number of nitriles is 1. The normalized spacial score (nSPS) is 11.5. The highest BCUT2D eigenvalue weighted by Crippen LogP contribution is 2.37. The smallest absolute Gasteiger partial charge is 0.158 e. The lowest BCUT2D eigenvalue weighted by Gasteiger charge is -2.17. The zero-order chi connectivity index (χ0) is 20.6. The van der Waals surface area contributed by atoms with Crippen molar-refractivity contribution in [1.29, 1.82) is 5.26 Å². The summed E-state index contributed by atoms with van der Waals surface area (Å²) in [6.07, 6.45) is 5.74. The first-order valence-electron chi connectivity index (χ1n) is 8.61. The number of ether oxygens (including phenoxy) is 3. The van der Waals surface area contributed by atoms with E-state index in [1.807, 2.05) is 6.07 Å². The van der Waals surface area contributed by atoms with Crippen molar-refractivity contribution in [3.63, 3.8) is 0 Å². The number of aromatic amines is 1. The lowest BCUT2D eigenvalue weighted by Crippen LogP contribution is -2.29. The van der Waals surface area contributed by atoms with Crippen LogP contribution >= 0.6 is 0 Å². The Morgan fingerprint density at radius 2 is 2.00 bits per heavy atom. The van der Waals surface area contributed by atoms with E-state index in [1.54, 1.807) is 32.7 Å². The van der Waals surface area contributed by atoms with Crippen molar-refractivity contribution in [2.75, 3.05) is 32.7 Å². The van der Waals surface area contributed by atoms with Gasteiger partial charge in [-0.25, -0.2) is 9.97 Å². The van der Waals surface area contributed by atoms with E-state index in [1.165, 1.54) is 12.4 Å². The predicted molar refractivity (Wildman–Crippen MR) is 104 cm³/mol. The standard InChI is InChI=1S/C18H20N8O3/c1-27-12(5-20)10-29-15-8-21-7-14(28-2)18(15)13-3-16(26-25-13)24-17-9-22-11(4-19)6-23-17/h3,6-9,12H,5,10,20H2,1-2H3,(H2,23,24,25,26)/t12-/m1/s1. The van der Waals surface area contributed by atoms with Gasteiger partial charge in [0.05, 0.1) is 43.2 Å². The van der Waals surface area contributed by atoms with Crippen LogP contribution in [-0.2, 0) is 4.74 Å². The van der Waals surface area contributed by atoms with E-state index in [-0.39, 0.29) is 18.4 Å². The topological polar surface area (TPSA) is 157 Å². The van der Waals surface area contributed by atoms with Crippen LogP contribution < -0.4 is 20.5 Å². The highest BCUT2D eigenvalue weighted by Gasteiger charge is 2.18. The average Bonchev–Trinajstić information content (AvgIpc) is 3.22. The van der Waals surface area contributed by atoms with Crippen LogP contribution in [0, 0.1) is 11.3 Å². The van der Waals surface area contributed by atoms with Crippen molar-refractivity contribution in [1.82, 2.24) is 25.1 Å². The fourth-order valence-corrected chi connectivity index (χ4v) is 2.46. The molecule has 1 atom stereocenters. The van der Waals surface area contributed by atoms with E-state index in [9.17, 15) is 0 Å². The molecule has 0 saturated carbocycles. The Labute approximate surface area is 166 Å². The maximum atomic E-state index is 8.80. The van der Waals surface area contributed by atoms with Crippen LogP contribution in [0.15, 0.2) is 30.9 Å². The number of hydrogen-bond donors (Lipinski definition) is 3. The molecular weight excluding hydrogens is 376 g/mol. The first kappa shape index (κ1) is 20.0. The average molecular weight is 396 g/mol. The molecule has 4 N–H and O–H groups in total. The second-order valence-electron chi connectivity index (χ2n) is 5.81. The third kappa shape index (κ3) is 4.75. The summed E-state index contributed by atoms with van der Waals surface area (Å²) in [4.78, 5) is 12.2. The lowest BCUT2D eigenvalue weighted by atomic mass is 10.1. The Hall–Kier alpha value is -3.75. The number of nitrogens with zero attached hydrogens (tertiary/aromatic N) is 5. The minimum absolute atomic E-state index is 0.230. The SMILES string of the molecule is COc1cncc(OC[C@@H](CN)OC)c1-c1cc(Nc2cnc(C#N)cn2)n[nH]1. The van der Waals surface area contributed by atoms with Gasteiger partial charge in [-0.15, -0.1) is 0 Å². The van der Waals surface area contributed by atoms with Crippen molar-refractivity contribution < 1.29 is 14.2 Å². The summed E-state index contributed by atoms with van der Waals surface area (Å²) < 4.78 is 16.5. The van der Waals surface area contributed by atoms with Gasteiger partial charge in [0.15, 0.2) is 17.3 Å². The predicted octanol–water partition coefficient (Wildman–Crippen LogP) is 1.24. The third-order valence-electron chi connectivity index (χ3n) is 3.99. The van der Waals surface area contributed by atoms with E-state index in [2.05, 4.69) is 30.5 Å². The molecule has 3 aromatic heterocycles. The molecular formula is C18H20N8O3. The van der Waals surface area contributed by atoms with Gasteiger partial charge < -0.3 is 25.3 Å². The highest BCUT2D eigenvalue weighted by molar-refractivity contribution is 5.75. The van der Waals surface area contributed by atoms with Gasteiger partial charge in [0.1, 0.15) is 30.3 Å². The molecule has 0 fully saturated rings. The Morgan fingerprint density at radius 3 is 2.66 bits per heavy atom. The van der Waals surface area contributed by atoms with Crippen LogP contribution in [-0.4, -0.2) is 58.6 Å². The number of rotatable bonds is 9. The number of H-pyrrole nitrogens is 1. The van der Waals surface area contributed by atoms with Crippen LogP contribution in [0.25, 0.3) is 11.3 Å². The second-order valence-corrected chi connectivity index (χ2v) is 5.81. The van der Waals surface area contributed by atoms with Gasteiger partial charge in [0.25, 0.3) is 0 Å². The molecule has 0 aliphatic rings. The molecule has 0 bridgehead atoms. The number of hydrogen-bond acceptors (Lipinski definition) is 10. The molecule has 3 aromatic rings. The second kappa shape index (κ2) is 9.45. The number of anilines is 2. The number of pyridine rings is 1. The van der Waals surface area contributed by atoms with E-state index >= 15 is 0 Å². The van der Waals surface area contributed by atoms with Gasteiger partial charge in [-0.05, 0) is 0 Å². The van der Waals surface area contributed by atoms with E-state index in [0.717, 1.165) is 0 Å². The Morgan fingerprint density at radius 1 is 1.17 bits per heavy atom. The van der Waals surface area contributed by atoms with Gasteiger partial charge >= 0.3 is 0 Å². The Kier molecular flexibility index (Phi) is 6.51. The van der Waals surface area contributed by atoms with Gasteiger partial charge in [0.2, 0.25) is 0 Å². The minimum atomic E-state index is -0.247. The number of aromatic nitrogens is 5. The lowest BCUT2D eigenvalue weighted by molar-refractivity contribution is 0.0644. The van der Waals surface area contributed by atoms with Crippen LogP contribution in [0.4, 0.5) is 11.6 Å². The summed E-state index contributed by atoms with van der Waals surface area (Å²) >= 11 is 0. The molecule has 11 nitrogen and oxygen atoms in total. The molecule has 150 valence electrons. The monoisotopic (exact) mass is 396 g/mol. The van der Waals surface area contributed by atoms with Crippen LogP contribution in [0.2, 0.25) is 0 Å². The first-order valence-corrected chi connectivity index (χ1v) is 8.61. The van der Waals surface area contributed by atoms with Gasteiger partial charge in [-0.1, -0.05) is 0 Å². The molecule has 3 heterocycles. The van der Waals surface area contributed by atoms with Crippen LogP contribution in [0.1, 0.15) is 5.69 Å². The number of methoxy groups -OCH3 is 2. The van der Waals surface area contributed by atoms with E-state index in [4.69, 9.17) is 25.2 Å². The summed E-state index contributed by atoms with van der Waals surface area (Å²) in [5.41, 5.74) is 7.18. The van der Waals surface area contributed by atoms with Gasteiger partial charge in [-0.2, -0.15) is 10.4 Å². The molecule has 0 aliphatic heterocycles. The molecule has 29 heavy (non-hydrogen) atoms. The maximum Gasteiger partial charge on any atom is 0.158 e. The maximum absolute atomic E-state index is 8.80. The summed E-state index contributed by atoms with van der Waals surface area (Å²) in [5.74, 6) is 1.96. The van der Waals surface area contributed by atoms with E-state index in [0.29, 0.717) is 40.9 Å². The summed E-state index contributed by atoms with van der Waals surface area (Å²) in [6.45, 7) is 0.585. The molecule has 0 aromatic carbocycles. The highest BCUT2D eigenvalue weighted by atomic mass is 16.5. The van der Waals surface area contributed by atoms with Crippen molar-refractivity contribution in [2.45, 2.75) is 6.10 Å². The quantitative estimate of drug-likeness (QED) is 0.480. The molecule has 0 spiro atoms. The van der Waals surface area contributed by atoms with Gasteiger partial charge in [-0.3, -0.25) is 10.1 Å². The van der Waals surface area contributed by atoms with E-state index < -0.39 is 0 Å².